The maximum atomic E-state index is 12.0. The monoisotopic (exact) mass is 421 g/mol. The molecule has 0 aliphatic heterocycles. The molecule has 3 rings (SSSR count). The minimum Gasteiger partial charge on any atom is -0.497 e. The van der Waals surface area contributed by atoms with Gasteiger partial charge in [-0.05, 0) is 36.4 Å². The van der Waals surface area contributed by atoms with E-state index in [1.54, 1.807) is 19.4 Å². The lowest BCUT2D eigenvalue weighted by molar-refractivity contribution is -0.121. The lowest BCUT2D eigenvalue weighted by Gasteiger charge is -2.02. The number of methoxy groups -OCH3 is 1. The molecular formula is C18H19N3O5S2. The molecule has 28 heavy (non-hydrogen) atoms. The highest BCUT2D eigenvalue weighted by Crippen LogP contribution is 2.23. The maximum absolute atomic E-state index is 12.0. The number of aromatic nitrogens is 1. The molecule has 3 N–H and O–H groups in total. The Morgan fingerprint density at radius 3 is 2.64 bits per heavy atom. The van der Waals surface area contributed by atoms with Gasteiger partial charge in [0, 0.05) is 23.3 Å². The molecule has 10 heteroatoms. The number of nitrogens with two attached hydrogens (primary N) is 1. The molecule has 2 heterocycles. The Labute approximate surface area is 166 Å². The van der Waals surface area contributed by atoms with Gasteiger partial charge in [-0.25, -0.2) is 18.5 Å². The van der Waals surface area contributed by atoms with Gasteiger partial charge >= 0.3 is 0 Å². The number of nitrogens with zero attached hydrogens (tertiary/aromatic N) is 1. The summed E-state index contributed by atoms with van der Waals surface area (Å²) in [6.07, 6.45) is 2.18. The normalized spacial score (nSPS) is 11.4. The fourth-order valence-corrected chi connectivity index (χ4v) is 4.13. The zero-order valence-corrected chi connectivity index (χ0v) is 16.7. The predicted molar refractivity (Wildman–Crippen MR) is 104 cm³/mol. The summed E-state index contributed by atoms with van der Waals surface area (Å²) in [6.45, 7) is 0.238. The van der Waals surface area contributed by atoms with Gasteiger partial charge in [0.05, 0.1) is 19.9 Å². The number of aryl methyl sites for hydroxylation is 1. The zero-order valence-electron chi connectivity index (χ0n) is 15.0. The number of rotatable bonds is 8. The number of amides is 1. The van der Waals surface area contributed by atoms with Crippen LogP contribution < -0.4 is 15.2 Å². The van der Waals surface area contributed by atoms with Crippen molar-refractivity contribution in [3.8, 4) is 17.1 Å². The molecule has 3 aromatic rings. The molecule has 0 radical (unpaired) electrons. The van der Waals surface area contributed by atoms with E-state index in [1.165, 1.54) is 6.07 Å². The molecule has 148 valence electrons. The lowest BCUT2D eigenvalue weighted by Crippen LogP contribution is -2.22. The smallest absolute Gasteiger partial charge is 0.247 e. The number of primary sulfonamides is 1. The highest BCUT2D eigenvalue weighted by Gasteiger charge is 2.12. The Balaban J connectivity index is 1.49. The van der Waals surface area contributed by atoms with Gasteiger partial charge in [0.1, 0.15) is 9.96 Å². The predicted octanol–water partition coefficient (Wildman–Crippen LogP) is 2.31. The molecule has 1 aromatic carbocycles. The first-order valence-electron chi connectivity index (χ1n) is 8.32. The fourth-order valence-electron chi connectivity index (χ4n) is 2.42. The molecule has 0 spiro atoms. The molecular weight excluding hydrogens is 402 g/mol. The quantitative estimate of drug-likeness (QED) is 0.575. The molecule has 0 atom stereocenters. The van der Waals surface area contributed by atoms with E-state index in [-0.39, 0.29) is 23.1 Å². The van der Waals surface area contributed by atoms with E-state index < -0.39 is 10.0 Å². The highest BCUT2D eigenvalue weighted by atomic mass is 32.2. The van der Waals surface area contributed by atoms with Crippen LogP contribution in [-0.2, 0) is 27.8 Å². The highest BCUT2D eigenvalue weighted by molar-refractivity contribution is 7.91. The van der Waals surface area contributed by atoms with Crippen LogP contribution in [-0.4, -0.2) is 26.4 Å². The second kappa shape index (κ2) is 8.55. The van der Waals surface area contributed by atoms with Crippen LogP contribution >= 0.6 is 11.3 Å². The average Bonchev–Trinajstić information content (AvgIpc) is 3.34. The van der Waals surface area contributed by atoms with Gasteiger partial charge in [-0.3, -0.25) is 4.79 Å². The van der Waals surface area contributed by atoms with Crippen molar-refractivity contribution in [2.45, 2.75) is 23.6 Å². The zero-order chi connectivity index (χ0) is 20.1. The first kappa shape index (κ1) is 20.1. The summed E-state index contributed by atoms with van der Waals surface area (Å²) < 4.78 is 33.4. The Hall–Kier alpha value is -2.69. The van der Waals surface area contributed by atoms with Crippen LogP contribution in [0.2, 0.25) is 0 Å². The van der Waals surface area contributed by atoms with Crippen LogP contribution in [0.4, 0.5) is 0 Å². The summed E-state index contributed by atoms with van der Waals surface area (Å²) in [5, 5.41) is 7.81. The van der Waals surface area contributed by atoms with Gasteiger partial charge in [0.25, 0.3) is 0 Å². The molecule has 0 fully saturated rings. The van der Waals surface area contributed by atoms with Crippen molar-refractivity contribution < 1.29 is 22.4 Å². The van der Waals surface area contributed by atoms with E-state index >= 15 is 0 Å². The van der Waals surface area contributed by atoms with Crippen molar-refractivity contribution in [1.82, 2.24) is 10.3 Å². The third kappa shape index (κ3) is 5.18. The standard InChI is InChI=1S/C18H19N3O5S2/c1-25-13-4-2-12(3-5-13)15-11-21-17(26-15)8-7-16(22)20-10-14-6-9-18(27-14)28(19,23)24/h2-6,9,11H,7-8,10H2,1H3,(H,20,22)(H2,19,23,24). The molecule has 0 aliphatic rings. The van der Waals surface area contributed by atoms with E-state index in [4.69, 9.17) is 14.3 Å². The summed E-state index contributed by atoms with van der Waals surface area (Å²) in [7, 11) is -2.11. The van der Waals surface area contributed by atoms with Gasteiger partial charge in [-0.1, -0.05) is 0 Å². The lowest BCUT2D eigenvalue weighted by atomic mass is 10.2. The third-order valence-electron chi connectivity index (χ3n) is 3.87. The number of hydrogen-bond donors (Lipinski definition) is 2. The van der Waals surface area contributed by atoms with Crippen molar-refractivity contribution in [3.05, 3.63) is 53.4 Å². The van der Waals surface area contributed by atoms with E-state index in [9.17, 15) is 13.2 Å². The first-order chi connectivity index (χ1) is 13.3. The number of ether oxygens (including phenoxy) is 1. The van der Waals surface area contributed by atoms with Gasteiger partial charge in [0.15, 0.2) is 11.7 Å². The van der Waals surface area contributed by atoms with Crippen LogP contribution in [0.5, 0.6) is 5.75 Å². The number of thiophene rings is 1. The summed E-state index contributed by atoms with van der Waals surface area (Å²) in [5.74, 6) is 1.65. The van der Waals surface area contributed by atoms with Crippen molar-refractivity contribution in [3.63, 3.8) is 0 Å². The van der Waals surface area contributed by atoms with Crippen molar-refractivity contribution in [1.29, 1.82) is 0 Å². The van der Waals surface area contributed by atoms with Crippen molar-refractivity contribution in [2.75, 3.05) is 7.11 Å². The molecule has 0 unspecified atom stereocenters. The van der Waals surface area contributed by atoms with Crippen molar-refractivity contribution >= 4 is 27.3 Å². The minimum atomic E-state index is -3.71. The minimum absolute atomic E-state index is 0.0718. The average molecular weight is 422 g/mol. The summed E-state index contributed by atoms with van der Waals surface area (Å²) in [6, 6.07) is 10.4. The van der Waals surface area contributed by atoms with Crippen LogP contribution in [0.3, 0.4) is 0 Å². The Bertz CT molecular complexity index is 1060. The topological polar surface area (TPSA) is 125 Å². The number of oxazole rings is 1. The van der Waals surface area contributed by atoms with Crippen molar-refractivity contribution in [2.24, 2.45) is 5.14 Å². The third-order valence-corrected chi connectivity index (χ3v) is 6.39. The number of carbonyl (C=O) groups excluding carboxylic acids is 1. The molecule has 0 saturated heterocycles. The Morgan fingerprint density at radius 2 is 2.00 bits per heavy atom. The summed E-state index contributed by atoms with van der Waals surface area (Å²) >= 11 is 1.03. The van der Waals surface area contributed by atoms with Gasteiger partial charge < -0.3 is 14.5 Å². The van der Waals surface area contributed by atoms with E-state index in [0.717, 1.165) is 22.6 Å². The largest absolute Gasteiger partial charge is 0.497 e. The maximum Gasteiger partial charge on any atom is 0.247 e. The van der Waals surface area contributed by atoms with E-state index in [1.807, 2.05) is 24.3 Å². The van der Waals surface area contributed by atoms with E-state index in [2.05, 4.69) is 10.3 Å². The molecule has 0 aliphatic carbocycles. The summed E-state index contributed by atoms with van der Waals surface area (Å²) in [5.41, 5.74) is 0.868. The molecule has 2 aromatic heterocycles. The van der Waals surface area contributed by atoms with Crippen LogP contribution in [0.15, 0.2) is 51.2 Å². The number of sulfonamides is 1. The number of benzene rings is 1. The summed E-state index contributed by atoms with van der Waals surface area (Å²) in [4.78, 5) is 16.9. The Morgan fingerprint density at radius 1 is 1.25 bits per heavy atom. The fraction of sp³-hybridized carbons (Fsp3) is 0.222. The SMILES string of the molecule is COc1ccc(-c2cnc(CCC(=O)NCc3ccc(S(N)(=O)=O)s3)o2)cc1. The number of hydrogen-bond acceptors (Lipinski definition) is 7. The number of nitrogens with one attached hydrogen (secondary N) is 1. The van der Waals surface area contributed by atoms with Crippen LogP contribution in [0.1, 0.15) is 17.2 Å². The van der Waals surface area contributed by atoms with Crippen LogP contribution in [0, 0.1) is 0 Å². The second-order valence-electron chi connectivity index (χ2n) is 5.89. The molecule has 8 nitrogen and oxygen atoms in total. The van der Waals surface area contributed by atoms with E-state index in [0.29, 0.717) is 22.9 Å². The Kier molecular flexibility index (Phi) is 6.12. The molecule has 0 bridgehead atoms. The van der Waals surface area contributed by atoms with Gasteiger partial charge in [0.2, 0.25) is 15.9 Å². The van der Waals surface area contributed by atoms with Crippen LogP contribution in [0.25, 0.3) is 11.3 Å². The van der Waals surface area contributed by atoms with Gasteiger partial charge in [-0.2, -0.15) is 0 Å². The molecule has 0 saturated carbocycles. The number of carbonyl (C=O) groups is 1. The van der Waals surface area contributed by atoms with Gasteiger partial charge in [-0.15, -0.1) is 11.3 Å². The first-order valence-corrected chi connectivity index (χ1v) is 10.7. The second-order valence-corrected chi connectivity index (χ2v) is 8.85. The molecule has 1 amide bonds.